The van der Waals surface area contributed by atoms with Gasteiger partial charge in [-0.25, -0.2) is 4.98 Å². The molecule has 1 aromatic heterocycles. The topological polar surface area (TPSA) is 45.5 Å². The summed E-state index contributed by atoms with van der Waals surface area (Å²) in [5.74, 6) is 2.87. The molecule has 2 aromatic rings. The second-order valence-corrected chi connectivity index (χ2v) is 6.73. The minimum Gasteiger partial charge on any atom is -0.357 e. The van der Waals surface area contributed by atoms with E-state index in [9.17, 15) is 0 Å². The molecule has 1 saturated heterocycles. The van der Waals surface area contributed by atoms with Gasteiger partial charge < -0.3 is 14.8 Å². The molecular weight excluding hydrogens is 425 g/mol. The van der Waals surface area contributed by atoms with Crippen molar-refractivity contribution in [2.24, 2.45) is 10.9 Å². The van der Waals surface area contributed by atoms with E-state index in [-0.39, 0.29) is 24.0 Å². The molecule has 1 atom stereocenters. The average molecular weight is 455 g/mol. The Hall–Kier alpha value is -1.31. The standard InChI is InChI=1S/C19H29N5.HI/c1-4-20-19(23-12-7-8-15(2)14-23)21-11-13-24-16(3)22-17-9-5-6-10-18(17)24;/h5-6,9-10,15H,4,7-8,11-14H2,1-3H3,(H,20,21);1H. The Morgan fingerprint density at radius 3 is 2.92 bits per heavy atom. The van der Waals surface area contributed by atoms with Gasteiger partial charge in [-0.1, -0.05) is 19.1 Å². The number of fused-ring (bicyclic) bond motifs is 1. The second kappa shape index (κ2) is 9.40. The molecule has 6 heteroatoms. The number of aliphatic imine (C=N–C) groups is 1. The Morgan fingerprint density at radius 1 is 1.36 bits per heavy atom. The van der Waals surface area contributed by atoms with Crippen molar-refractivity contribution in [1.29, 1.82) is 0 Å². The van der Waals surface area contributed by atoms with E-state index in [1.165, 1.54) is 18.4 Å². The molecule has 1 fully saturated rings. The zero-order chi connectivity index (χ0) is 16.9. The number of para-hydroxylation sites is 2. The van der Waals surface area contributed by atoms with Gasteiger partial charge in [-0.3, -0.25) is 4.99 Å². The van der Waals surface area contributed by atoms with Crippen LogP contribution in [0.25, 0.3) is 11.0 Å². The van der Waals surface area contributed by atoms with Crippen LogP contribution < -0.4 is 5.32 Å². The first-order chi connectivity index (χ1) is 11.7. The van der Waals surface area contributed by atoms with Crippen LogP contribution in [0.2, 0.25) is 0 Å². The van der Waals surface area contributed by atoms with Crippen LogP contribution in [0.1, 0.15) is 32.5 Å². The van der Waals surface area contributed by atoms with Crippen molar-refractivity contribution >= 4 is 41.0 Å². The Balaban J connectivity index is 0.00000225. The summed E-state index contributed by atoms with van der Waals surface area (Å²) in [6.45, 7) is 11.3. The van der Waals surface area contributed by atoms with E-state index in [4.69, 9.17) is 4.99 Å². The molecule has 0 saturated carbocycles. The molecule has 2 heterocycles. The summed E-state index contributed by atoms with van der Waals surface area (Å²) in [5.41, 5.74) is 2.26. The Kier molecular flexibility index (Phi) is 7.53. The van der Waals surface area contributed by atoms with Crippen molar-refractivity contribution in [3.63, 3.8) is 0 Å². The van der Waals surface area contributed by atoms with E-state index >= 15 is 0 Å². The van der Waals surface area contributed by atoms with Crippen molar-refractivity contribution in [2.45, 2.75) is 40.2 Å². The zero-order valence-corrected chi connectivity index (χ0v) is 17.9. The lowest BCUT2D eigenvalue weighted by atomic mass is 10.0. The third-order valence-corrected chi connectivity index (χ3v) is 4.72. The van der Waals surface area contributed by atoms with Crippen LogP contribution in [0.5, 0.6) is 0 Å². The minimum atomic E-state index is 0. The van der Waals surface area contributed by atoms with Gasteiger partial charge in [0, 0.05) is 26.2 Å². The number of halogens is 1. The summed E-state index contributed by atoms with van der Waals surface area (Å²) in [6.07, 6.45) is 2.59. The van der Waals surface area contributed by atoms with Gasteiger partial charge >= 0.3 is 0 Å². The van der Waals surface area contributed by atoms with E-state index in [0.29, 0.717) is 0 Å². The number of hydrogen-bond acceptors (Lipinski definition) is 2. The smallest absolute Gasteiger partial charge is 0.193 e. The van der Waals surface area contributed by atoms with Crippen LogP contribution in [-0.2, 0) is 6.54 Å². The van der Waals surface area contributed by atoms with Crippen LogP contribution in [0.4, 0.5) is 0 Å². The summed E-state index contributed by atoms with van der Waals surface area (Å²) in [6, 6.07) is 8.32. The fourth-order valence-corrected chi connectivity index (χ4v) is 3.54. The summed E-state index contributed by atoms with van der Waals surface area (Å²) >= 11 is 0. The van der Waals surface area contributed by atoms with Crippen LogP contribution in [0.3, 0.4) is 0 Å². The predicted octanol–water partition coefficient (Wildman–Crippen LogP) is 3.66. The number of nitrogens with one attached hydrogen (secondary N) is 1. The molecule has 138 valence electrons. The molecule has 0 radical (unpaired) electrons. The van der Waals surface area contributed by atoms with E-state index in [1.807, 2.05) is 6.07 Å². The molecule has 25 heavy (non-hydrogen) atoms. The summed E-state index contributed by atoms with van der Waals surface area (Å²) in [7, 11) is 0. The van der Waals surface area contributed by atoms with E-state index in [2.05, 4.69) is 58.7 Å². The van der Waals surface area contributed by atoms with Crippen LogP contribution in [0.15, 0.2) is 29.3 Å². The van der Waals surface area contributed by atoms with Crippen molar-refractivity contribution in [3.8, 4) is 0 Å². The first kappa shape index (κ1) is 20.0. The molecule has 1 unspecified atom stereocenters. The van der Waals surface area contributed by atoms with Gasteiger partial charge in [-0.05, 0) is 44.7 Å². The monoisotopic (exact) mass is 455 g/mol. The number of imidazole rings is 1. The highest BCUT2D eigenvalue weighted by Crippen LogP contribution is 2.16. The van der Waals surface area contributed by atoms with E-state index < -0.39 is 0 Å². The zero-order valence-electron chi connectivity index (χ0n) is 15.5. The number of guanidine groups is 1. The molecule has 1 aliphatic rings. The van der Waals surface area contributed by atoms with Gasteiger partial charge in [-0.15, -0.1) is 24.0 Å². The number of piperidine rings is 1. The van der Waals surface area contributed by atoms with Gasteiger partial charge in [0.15, 0.2) is 5.96 Å². The Labute approximate surface area is 167 Å². The van der Waals surface area contributed by atoms with Gasteiger partial charge in [-0.2, -0.15) is 0 Å². The van der Waals surface area contributed by atoms with E-state index in [1.54, 1.807) is 0 Å². The number of rotatable bonds is 4. The summed E-state index contributed by atoms with van der Waals surface area (Å²) in [4.78, 5) is 11.9. The second-order valence-electron chi connectivity index (χ2n) is 6.73. The minimum absolute atomic E-state index is 0. The molecule has 1 aliphatic heterocycles. The molecule has 1 aromatic carbocycles. The molecule has 0 aliphatic carbocycles. The van der Waals surface area contributed by atoms with Crippen molar-refractivity contribution in [1.82, 2.24) is 19.8 Å². The number of likely N-dealkylation sites (tertiary alicyclic amines) is 1. The molecular formula is C19H30IN5. The van der Waals surface area contributed by atoms with Crippen LogP contribution in [-0.4, -0.2) is 46.6 Å². The lowest BCUT2D eigenvalue weighted by Crippen LogP contribution is -2.46. The molecule has 5 nitrogen and oxygen atoms in total. The Bertz CT molecular complexity index is 709. The lowest BCUT2D eigenvalue weighted by molar-refractivity contribution is 0.266. The third-order valence-electron chi connectivity index (χ3n) is 4.72. The third kappa shape index (κ3) is 4.86. The maximum atomic E-state index is 4.88. The van der Waals surface area contributed by atoms with Gasteiger partial charge in [0.2, 0.25) is 0 Å². The molecule has 0 spiro atoms. The van der Waals surface area contributed by atoms with Crippen molar-refractivity contribution in [3.05, 3.63) is 30.1 Å². The van der Waals surface area contributed by atoms with Crippen LogP contribution in [0, 0.1) is 12.8 Å². The fraction of sp³-hybridized carbons (Fsp3) is 0.579. The predicted molar refractivity (Wildman–Crippen MR) is 116 cm³/mol. The quantitative estimate of drug-likeness (QED) is 0.435. The van der Waals surface area contributed by atoms with Crippen molar-refractivity contribution < 1.29 is 0 Å². The fourth-order valence-electron chi connectivity index (χ4n) is 3.54. The number of aryl methyl sites for hydroxylation is 1. The highest BCUT2D eigenvalue weighted by molar-refractivity contribution is 14.0. The van der Waals surface area contributed by atoms with Gasteiger partial charge in [0.25, 0.3) is 0 Å². The average Bonchev–Trinajstić information content (AvgIpc) is 2.90. The molecule has 1 N–H and O–H groups in total. The summed E-state index contributed by atoms with van der Waals surface area (Å²) < 4.78 is 2.27. The maximum Gasteiger partial charge on any atom is 0.193 e. The maximum absolute atomic E-state index is 4.88. The van der Waals surface area contributed by atoms with Crippen LogP contribution >= 0.6 is 24.0 Å². The number of benzene rings is 1. The highest BCUT2D eigenvalue weighted by atomic mass is 127. The molecule has 0 amide bonds. The van der Waals surface area contributed by atoms with Gasteiger partial charge in [0.1, 0.15) is 5.82 Å². The SMILES string of the molecule is CCNC(=NCCn1c(C)nc2ccccc21)N1CCCC(C)C1.I. The molecule has 0 bridgehead atoms. The van der Waals surface area contributed by atoms with Crippen molar-refractivity contribution in [2.75, 3.05) is 26.2 Å². The highest BCUT2D eigenvalue weighted by Gasteiger charge is 2.19. The normalized spacial score (nSPS) is 18.3. The first-order valence-corrected chi connectivity index (χ1v) is 9.14. The number of aromatic nitrogens is 2. The Morgan fingerprint density at radius 2 is 2.16 bits per heavy atom. The largest absolute Gasteiger partial charge is 0.357 e. The van der Waals surface area contributed by atoms with Gasteiger partial charge in [0.05, 0.1) is 17.6 Å². The molecule has 3 rings (SSSR count). The summed E-state index contributed by atoms with van der Waals surface area (Å²) in [5, 5.41) is 3.46. The first-order valence-electron chi connectivity index (χ1n) is 9.14. The lowest BCUT2D eigenvalue weighted by Gasteiger charge is -2.33. The number of nitrogens with zero attached hydrogens (tertiary/aromatic N) is 4. The number of hydrogen-bond donors (Lipinski definition) is 1. The van der Waals surface area contributed by atoms with E-state index in [0.717, 1.165) is 55.9 Å².